The van der Waals surface area contributed by atoms with Gasteiger partial charge in [-0.05, 0) is 37.8 Å². The number of carbonyl (C=O) groups is 1. The lowest BCUT2D eigenvalue weighted by Crippen LogP contribution is -2.30. The molecule has 0 saturated carbocycles. The van der Waals surface area contributed by atoms with E-state index in [0.717, 1.165) is 32.5 Å². The van der Waals surface area contributed by atoms with Crippen LogP contribution < -0.4 is 10.2 Å². The van der Waals surface area contributed by atoms with Gasteiger partial charge in [0, 0.05) is 38.2 Å². The Bertz CT molecular complexity index is 656. The Kier molecular flexibility index (Phi) is 5.46. The number of para-hydroxylation sites is 1. The number of rotatable bonds is 7. The molecule has 1 aromatic carbocycles. The first-order chi connectivity index (χ1) is 11.7. The Morgan fingerprint density at radius 2 is 2.21 bits per heavy atom. The minimum atomic E-state index is 0.101. The summed E-state index contributed by atoms with van der Waals surface area (Å²) in [7, 11) is 0. The molecule has 2 aromatic rings. The van der Waals surface area contributed by atoms with Gasteiger partial charge in [0.15, 0.2) is 5.82 Å². The van der Waals surface area contributed by atoms with Crippen molar-refractivity contribution in [3.8, 4) is 0 Å². The van der Waals surface area contributed by atoms with Gasteiger partial charge in [-0.1, -0.05) is 23.4 Å². The summed E-state index contributed by atoms with van der Waals surface area (Å²) < 4.78 is 5.04. The van der Waals surface area contributed by atoms with Crippen LogP contribution in [0.4, 0.5) is 5.69 Å². The molecule has 1 aromatic heterocycles. The normalized spacial score (nSPS) is 17.2. The topological polar surface area (TPSA) is 71.3 Å². The number of nitrogens with one attached hydrogen (secondary N) is 1. The van der Waals surface area contributed by atoms with Crippen molar-refractivity contribution in [3.63, 3.8) is 0 Å². The van der Waals surface area contributed by atoms with Crippen molar-refractivity contribution in [2.45, 2.75) is 32.6 Å². The molecule has 1 atom stereocenters. The highest BCUT2D eigenvalue weighted by Gasteiger charge is 2.22. The van der Waals surface area contributed by atoms with Crippen molar-refractivity contribution in [2.24, 2.45) is 5.92 Å². The number of anilines is 1. The van der Waals surface area contributed by atoms with Crippen molar-refractivity contribution >= 4 is 11.6 Å². The number of aromatic nitrogens is 2. The third kappa shape index (κ3) is 4.57. The smallest absolute Gasteiger partial charge is 0.226 e. The molecule has 1 amide bonds. The van der Waals surface area contributed by atoms with Crippen LogP contribution in [0.1, 0.15) is 31.0 Å². The van der Waals surface area contributed by atoms with E-state index in [0.29, 0.717) is 30.5 Å². The van der Waals surface area contributed by atoms with Crippen LogP contribution in [0.25, 0.3) is 0 Å². The molecule has 128 valence electrons. The molecule has 1 saturated heterocycles. The van der Waals surface area contributed by atoms with Gasteiger partial charge in [0.25, 0.3) is 0 Å². The predicted octanol–water partition coefficient (Wildman–Crippen LogP) is 2.34. The highest BCUT2D eigenvalue weighted by atomic mass is 16.5. The summed E-state index contributed by atoms with van der Waals surface area (Å²) in [6.07, 6.45) is 3.00. The lowest BCUT2D eigenvalue weighted by atomic mass is 10.1. The second kappa shape index (κ2) is 7.95. The first-order valence-electron chi connectivity index (χ1n) is 8.56. The molecule has 6 heteroatoms. The van der Waals surface area contributed by atoms with Crippen LogP contribution in [-0.4, -0.2) is 35.7 Å². The number of carbonyl (C=O) groups excluding carboxylic acids is 1. The van der Waals surface area contributed by atoms with Crippen LogP contribution in [0.15, 0.2) is 34.9 Å². The van der Waals surface area contributed by atoms with Crippen molar-refractivity contribution < 1.29 is 9.32 Å². The van der Waals surface area contributed by atoms with E-state index >= 15 is 0 Å². The van der Waals surface area contributed by atoms with Crippen LogP contribution >= 0.6 is 0 Å². The van der Waals surface area contributed by atoms with Gasteiger partial charge in [0.05, 0.1) is 0 Å². The number of aryl methyl sites for hydroxylation is 2. The highest BCUT2D eigenvalue weighted by molar-refractivity contribution is 5.75. The van der Waals surface area contributed by atoms with Gasteiger partial charge in [-0.2, -0.15) is 4.98 Å². The molecule has 3 rings (SSSR count). The Hall–Kier alpha value is -2.37. The van der Waals surface area contributed by atoms with E-state index < -0.39 is 0 Å². The quantitative estimate of drug-likeness (QED) is 0.845. The van der Waals surface area contributed by atoms with E-state index in [1.807, 2.05) is 6.07 Å². The van der Waals surface area contributed by atoms with E-state index in [9.17, 15) is 4.79 Å². The Balaban J connectivity index is 1.33. The van der Waals surface area contributed by atoms with Gasteiger partial charge in [-0.25, -0.2) is 0 Å². The number of nitrogens with zero attached hydrogens (tertiary/aromatic N) is 3. The third-order valence-corrected chi connectivity index (χ3v) is 4.36. The van der Waals surface area contributed by atoms with Crippen LogP contribution in [0.5, 0.6) is 0 Å². The first-order valence-corrected chi connectivity index (χ1v) is 8.56. The fourth-order valence-corrected chi connectivity index (χ4v) is 3.06. The summed E-state index contributed by atoms with van der Waals surface area (Å²) in [5.74, 6) is 1.87. The molecule has 1 N–H and O–H groups in total. The van der Waals surface area contributed by atoms with Crippen molar-refractivity contribution in [1.29, 1.82) is 0 Å². The standard InChI is InChI=1S/C18H24N4O2/c1-14-20-18(24-21-14)9-5-8-17(23)19-12-15-10-11-22(13-15)16-6-3-2-4-7-16/h2-4,6-7,15H,5,8-13H2,1H3,(H,19,23)/t15-/m0/s1. The molecular weight excluding hydrogens is 304 g/mol. The maximum atomic E-state index is 12.0. The Morgan fingerprint density at radius 1 is 1.38 bits per heavy atom. The van der Waals surface area contributed by atoms with Crippen LogP contribution in [-0.2, 0) is 11.2 Å². The predicted molar refractivity (Wildman–Crippen MR) is 91.7 cm³/mol. The minimum Gasteiger partial charge on any atom is -0.371 e. The maximum absolute atomic E-state index is 12.0. The average Bonchev–Trinajstić information content (AvgIpc) is 3.23. The summed E-state index contributed by atoms with van der Waals surface area (Å²) >= 11 is 0. The molecule has 1 aliphatic heterocycles. The number of benzene rings is 1. The van der Waals surface area contributed by atoms with E-state index in [1.165, 1.54) is 5.69 Å². The lowest BCUT2D eigenvalue weighted by molar-refractivity contribution is -0.121. The fourth-order valence-electron chi connectivity index (χ4n) is 3.06. The molecule has 0 spiro atoms. The van der Waals surface area contributed by atoms with Crippen molar-refractivity contribution in [3.05, 3.63) is 42.0 Å². The Labute approximate surface area is 142 Å². The molecule has 2 heterocycles. The van der Waals surface area contributed by atoms with Crippen molar-refractivity contribution in [2.75, 3.05) is 24.5 Å². The molecule has 1 aliphatic rings. The van der Waals surface area contributed by atoms with E-state index in [1.54, 1.807) is 6.92 Å². The minimum absolute atomic E-state index is 0.101. The molecular formula is C18H24N4O2. The van der Waals surface area contributed by atoms with E-state index in [2.05, 4.69) is 44.6 Å². The van der Waals surface area contributed by atoms with Gasteiger partial charge >= 0.3 is 0 Å². The Morgan fingerprint density at radius 3 is 2.96 bits per heavy atom. The van der Waals surface area contributed by atoms with E-state index in [-0.39, 0.29) is 5.91 Å². The summed E-state index contributed by atoms with van der Waals surface area (Å²) in [5.41, 5.74) is 1.26. The monoisotopic (exact) mass is 328 g/mol. The van der Waals surface area contributed by atoms with Crippen LogP contribution in [0.3, 0.4) is 0 Å². The average molecular weight is 328 g/mol. The number of hydrogen-bond donors (Lipinski definition) is 1. The van der Waals surface area contributed by atoms with Crippen molar-refractivity contribution in [1.82, 2.24) is 15.5 Å². The second-order valence-electron chi connectivity index (χ2n) is 6.33. The highest BCUT2D eigenvalue weighted by Crippen LogP contribution is 2.22. The second-order valence-corrected chi connectivity index (χ2v) is 6.33. The zero-order valence-electron chi connectivity index (χ0n) is 14.1. The summed E-state index contributed by atoms with van der Waals surface area (Å²) in [6, 6.07) is 10.4. The molecule has 0 aliphatic carbocycles. The van der Waals surface area contributed by atoms with Gasteiger partial charge < -0.3 is 14.7 Å². The number of hydrogen-bond acceptors (Lipinski definition) is 5. The molecule has 6 nitrogen and oxygen atoms in total. The first kappa shape index (κ1) is 16.5. The number of amides is 1. The summed E-state index contributed by atoms with van der Waals surface area (Å²) in [5, 5.41) is 6.80. The summed E-state index contributed by atoms with van der Waals surface area (Å²) in [6.45, 7) is 4.61. The zero-order chi connectivity index (χ0) is 16.8. The third-order valence-electron chi connectivity index (χ3n) is 4.36. The SMILES string of the molecule is Cc1noc(CCCC(=O)NC[C@@H]2CCN(c3ccccc3)C2)n1. The maximum Gasteiger partial charge on any atom is 0.226 e. The van der Waals surface area contributed by atoms with E-state index in [4.69, 9.17) is 4.52 Å². The van der Waals surface area contributed by atoms with Crippen LogP contribution in [0.2, 0.25) is 0 Å². The molecule has 24 heavy (non-hydrogen) atoms. The van der Waals surface area contributed by atoms with Crippen LogP contribution in [0, 0.1) is 12.8 Å². The van der Waals surface area contributed by atoms with Gasteiger partial charge in [-0.3, -0.25) is 4.79 Å². The van der Waals surface area contributed by atoms with Gasteiger partial charge in [0.2, 0.25) is 11.8 Å². The summed E-state index contributed by atoms with van der Waals surface area (Å²) in [4.78, 5) is 18.5. The fraction of sp³-hybridized carbons (Fsp3) is 0.500. The van der Waals surface area contributed by atoms with Gasteiger partial charge in [0.1, 0.15) is 0 Å². The van der Waals surface area contributed by atoms with Gasteiger partial charge in [-0.15, -0.1) is 0 Å². The molecule has 0 unspecified atom stereocenters. The lowest BCUT2D eigenvalue weighted by Gasteiger charge is -2.18. The largest absolute Gasteiger partial charge is 0.371 e. The zero-order valence-corrected chi connectivity index (χ0v) is 14.1. The molecule has 0 bridgehead atoms. The molecule has 0 radical (unpaired) electrons. The molecule has 1 fully saturated rings.